The van der Waals surface area contributed by atoms with Crippen molar-refractivity contribution in [2.75, 3.05) is 13.3 Å². The molecule has 0 radical (unpaired) electrons. The molecule has 15 heavy (non-hydrogen) atoms. The standard InChI is InChI=1S/C10H10F2O3/c11-4-1-5-15-7-2-3-8(10(13)14)9(12)6-7/h2-3,6H,1,4-5H2,(H,13,14). The van der Waals surface area contributed by atoms with E-state index in [-0.39, 0.29) is 18.8 Å². The molecule has 0 saturated carbocycles. The highest BCUT2D eigenvalue weighted by Gasteiger charge is 2.10. The molecule has 5 heteroatoms. The molecular weight excluding hydrogens is 206 g/mol. The Morgan fingerprint density at radius 1 is 1.47 bits per heavy atom. The lowest BCUT2D eigenvalue weighted by Crippen LogP contribution is -2.02. The number of hydrogen-bond acceptors (Lipinski definition) is 2. The lowest BCUT2D eigenvalue weighted by molar-refractivity contribution is 0.0692. The first kappa shape index (κ1) is 11.4. The molecule has 0 fully saturated rings. The number of ether oxygens (including phenoxy) is 1. The summed E-state index contributed by atoms with van der Waals surface area (Å²) in [5, 5.41) is 8.54. The number of benzene rings is 1. The Hall–Kier alpha value is -1.65. The molecule has 0 aliphatic rings. The van der Waals surface area contributed by atoms with Gasteiger partial charge >= 0.3 is 5.97 Å². The van der Waals surface area contributed by atoms with Crippen molar-refractivity contribution in [2.24, 2.45) is 0 Å². The van der Waals surface area contributed by atoms with Crippen molar-refractivity contribution in [2.45, 2.75) is 6.42 Å². The fraction of sp³-hybridized carbons (Fsp3) is 0.300. The first-order valence-electron chi connectivity index (χ1n) is 4.36. The van der Waals surface area contributed by atoms with Gasteiger partial charge in [0.05, 0.1) is 18.8 Å². The number of carboxylic acids is 1. The molecule has 0 heterocycles. The Balaban J connectivity index is 2.69. The first-order chi connectivity index (χ1) is 7.15. The molecule has 1 N–H and O–H groups in total. The summed E-state index contributed by atoms with van der Waals surface area (Å²) in [6, 6.07) is 3.43. The maximum Gasteiger partial charge on any atom is 0.338 e. The lowest BCUT2D eigenvalue weighted by atomic mass is 10.2. The molecule has 0 aromatic heterocycles. The van der Waals surface area contributed by atoms with Gasteiger partial charge in [-0.3, -0.25) is 4.39 Å². The van der Waals surface area contributed by atoms with E-state index in [2.05, 4.69) is 0 Å². The normalized spacial score (nSPS) is 10.0. The van der Waals surface area contributed by atoms with E-state index in [9.17, 15) is 13.6 Å². The van der Waals surface area contributed by atoms with Crippen LogP contribution in [0.25, 0.3) is 0 Å². The van der Waals surface area contributed by atoms with E-state index in [1.807, 2.05) is 0 Å². The fourth-order valence-corrected chi connectivity index (χ4v) is 1.00. The van der Waals surface area contributed by atoms with Crippen LogP contribution in [0.3, 0.4) is 0 Å². The van der Waals surface area contributed by atoms with Crippen LogP contribution < -0.4 is 4.74 Å². The van der Waals surface area contributed by atoms with Gasteiger partial charge in [-0.1, -0.05) is 0 Å². The van der Waals surface area contributed by atoms with Crippen LogP contribution in [0.1, 0.15) is 16.8 Å². The van der Waals surface area contributed by atoms with Crippen molar-refractivity contribution in [3.63, 3.8) is 0 Å². The minimum atomic E-state index is -1.33. The highest BCUT2D eigenvalue weighted by atomic mass is 19.1. The van der Waals surface area contributed by atoms with Gasteiger partial charge in [0.25, 0.3) is 0 Å². The van der Waals surface area contributed by atoms with Gasteiger partial charge in [-0.25, -0.2) is 9.18 Å². The van der Waals surface area contributed by atoms with Crippen LogP contribution in [0.4, 0.5) is 8.78 Å². The molecule has 1 rings (SSSR count). The van der Waals surface area contributed by atoms with E-state index in [1.165, 1.54) is 6.07 Å². The van der Waals surface area contributed by atoms with E-state index in [0.717, 1.165) is 12.1 Å². The fourth-order valence-electron chi connectivity index (χ4n) is 1.00. The van der Waals surface area contributed by atoms with Crippen LogP contribution in [-0.2, 0) is 0 Å². The quantitative estimate of drug-likeness (QED) is 0.768. The Morgan fingerprint density at radius 2 is 2.20 bits per heavy atom. The van der Waals surface area contributed by atoms with E-state index in [0.29, 0.717) is 0 Å². The van der Waals surface area contributed by atoms with Crippen molar-refractivity contribution >= 4 is 5.97 Å². The van der Waals surface area contributed by atoms with Gasteiger partial charge in [0.1, 0.15) is 11.6 Å². The second-order valence-corrected chi connectivity index (χ2v) is 2.84. The highest BCUT2D eigenvalue weighted by Crippen LogP contribution is 2.16. The van der Waals surface area contributed by atoms with Crippen LogP contribution in [0.5, 0.6) is 5.75 Å². The van der Waals surface area contributed by atoms with Crippen LogP contribution in [0, 0.1) is 5.82 Å². The minimum absolute atomic E-state index is 0.141. The average Bonchev–Trinajstić information content (AvgIpc) is 2.17. The maximum absolute atomic E-state index is 13.1. The number of alkyl halides is 1. The number of aromatic carboxylic acids is 1. The summed E-state index contributed by atoms with van der Waals surface area (Å²) in [6.45, 7) is -0.363. The summed E-state index contributed by atoms with van der Waals surface area (Å²) in [7, 11) is 0. The zero-order valence-corrected chi connectivity index (χ0v) is 7.87. The molecule has 0 amide bonds. The molecule has 0 spiro atoms. The molecule has 1 aromatic rings. The zero-order chi connectivity index (χ0) is 11.3. The van der Waals surface area contributed by atoms with E-state index < -0.39 is 24.0 Å². The number of carbonyl (C=O) groups is 1. The molecule has 0 unspecified atom stereocenters. The molecule has 0 aliphatic heterocycles. The predicted octanol–water partition coefficient (Wildman–Crippen LogP) is 2.26. The zero-order valence-electron chi connectivity index (χ0n) is 7.87. The van der Waals surface area contributed by atoms with E-state index in [4.69, 9.17) is 9.84 Å². The highest BCUT2D eigenvalue weighted by molar-refractivity contribution is 5.88. The van der Waals surface area contributed by atoms with Crippen molar-refractivity contribution < 1.29 is 23.4 Å². The van der Waals surface area contributed by atoms with Gasteiger partial charge in [-0.15, -0.1) is 0 Å². The van der Waals surface area contributed by atoms with Gasteiger partial charge in [-0.2, -0.15) is 0 Å². The van der Waals surface area contributed by atoms with Crippen LogP contribution in [-0.4, -0.2) is 24.4 Å². The first-order valence-corrected chi connectivity index (χ1v) is 4.36. The third kappa shape index (κ3) is 3.19. The molecular formula is C10H10F2O3. The Bertz CT molecular complexity index is 353. The van der Waals surface area contributed by atoms with Crippen molar-refractivity contribution in [3.05, 3.63) is 29.6 Å². The summed E-state index contributed by atoms with van der Waals surface area (Å²) in [6.07, 6.45) is 0.225. The monoisotopic (exact) mass is 216 g/mol. The summed E-state index contributed by atoms with van der Waals surface area (Å²) in [5.74, 6) is -1.99. The summed E-state index contributed by atoms with van der Waals surface area (Å²) in [5.41, 5.74) is -0.409. The van der Waals surface area contributed by atoms with Crippen molar-refractivity contribution in [1.29, 1.82) is 0 Å². The van der Waals surface area contributed by atoms with Gasteiger partial charge in [0.2, 0.25) is 0 Å². The molecule has 82 valence electrons. The van der Waals surface area contributed by atoms with Gasteiger partial charge in [-0.05, 0) is 12.1 Å². The Morgan fingerprint density at radius 3 is 2.73 bits per heavy atom. The van der Waals surface area contributed by atoms with Gasteiger partial charge in [0.15, 0.2) is 0 Å². The topological polar surface area (TPSA) is 46.5 Å². The molecule has 0 bridgehead atoms. The minimum Gasteiger partial charge on any atom is -0.493 e. The molecule has 1 aromatic carbocycles. The van der Waals surface area contributed by atoms with Gasteiger partial charge < -0.3 is 9.84 Å². The van der Waals surface area contributed by atoms with Gasteiger partial charge in [0, 0.05) is 12.5 Å². The largest absolute Gasteiger partial charge is 0.493 e. The summed E-state index contributed by atoms with van der Waals surface area (Å²) >= 11 is 0. The second-order valence-electron chi connectivity index (χ2n) is 2.84. The third-order valence-electron chi connectivity index (χ3n) is 1.72. The molecule has 0 aliphatic carbocycles. The van der Waals surface area contributed by atoms with Crippen molar-refractivity contribution in [3.8, 4) is 5.75 Å². The lowest BCUT2D eigenvalue weighted by Gasteiger charge is -2.05. The van der Waals surface area contributed by atoms with E-state index in [1.54, 1.807) is 0 Å². The maximum atomic E-state index is 13.1. The number of rotatable bonds is 5. The third-order valence-corrected chi connectivity index (χ3v) is 1.72. The van der Waals surface area contributed by atoms with Crippen LogP contribution >= 0.6 is 0 Å². The number of halogens is 2. The smallest absolute Gasteiger partial charge is 0.338 e. The summed E-state index contributed by atoms with van der Waals surface area (Å²) in [4.78, 5) is 10.5. The predicted molar refractivity (Wildman–Crippen MR) is 49.4 cm³/mol. The molecule has 0 saturated heterocycles. The van der Waals surface area contributed by atoms with Crippen LogP contribution in [0.2, 0.25) is 0 Å². The molecule has 3 nitrogen and oxygen atoms in total. The Labute approximate surface area is 85.3 Å². The SMILES string of the molecule is O=C(O)c1ccc(OCCCF)cc1F. The van der Waals surface area contributed by atoms with E-state index >= 15 is 0 Å². The van der Waals surface area contributed by atoms with Crippen molar-refractivity contribution in [1.82, 2.24) is 0 Å². The summed E-state index contributed by atoms with van der Waals surface area (Å²) < 4.78 is 29.8. The molecule has 0 atom stereocenters. The second kappa shape index (κ2) is 5.29. The number of carboxylic acid groups (broad SMARTS) is 1. The number of hydrogen-bond donors (Lipinski definition) is 1. The average molecular weight is 216 g/mol. The van der Waals surface area contributed by atoms with Crippen LogP contribution in [0.15, 0.2) is 18.2 Å². The Kier molecular flexibility index (Phi) is 4.03.